The van der Waals surface area contributed by atoms with Crippen molar-refractivity contribution in [3.63, 3.8) is 0 Å². The van der Waals surface area contributed by atoms with Crippen LogP contribution in [0, 0.1) is 6.92 Å². The van der Waals surface area contributed by atoms with Crippen molar-refractivity contribution in [3.05, 3.63) is 81.2 Å². The van der Waals surface area contributed by atoms with Crippen LogP contribution in [-0.2, 0) is 0 Å². The van der Waals surface area contributed by atoms with Crippen LogP contribution in [0.2, 0.25) is 5.02 Å². The lowest BCUT2D eigenvalue weighted by molar-refractivity contribution is 0.835. The highest BCUT2D eigenvalue weighted by molar-refractivity contribution is 6.30. The topological polar surface area (TPSA) is 50.1 Å². The summed E-state index contributed by atoms with van der Waals surface area (Å²) in [6.45, 7) is 1.84. The molecular weight excluding hydrogens is 298 g/mol. The van der Waals surface area contributed by atoms with Crippen molar-refractivity contribution in [2.75, 3.05) is 0 Å². The van der Waals surface area contributed by atoms with Crippen LogP contribution in [0.3, 0.4) is 0 Å². The van der Waals surface area contributed by atoms with Crippen LogP contribution < -0.4 is 5.56 Å². The number of rotatable bonds is 3. The van der Waals surface area contributed by atoms with Gasteiger partial charge in [-0.1, -0.05) is 35.9 Å². The van der Waals surface area contributed by atoms with Crippen LogP contribution in [0.5, 0.6) is 0 Å². The van der Waals surface area contributed by atoms with E-state index in [1.54, 1.807) is 24.4 Å². The van der Waals surface area contributed by atoms with Gasteiger partial charge in [0.05, 0.1) is 16.9 Å². The van der Waals surface area contributed by atoms with Crippen molar-refractivity contribution in [1.29, 1.82) is 0 Å². The molecule has 0 aliphatic heterocycles. The largest absolute Gasteiger partial charge is 0.295 e. The molecule has 2 aromatic carbocycles. The third kappa shape index (κ3) is 2.87. The Morgan fingerprint density at radius 3 is 2.64 bits per heavy atom. The van der Waals surface area contributed by atoms with Crippen LogP contribution in [0.15, 0.2) is 64.4 Å². The molecule has 0 unspecified atom stereocenters. The van der Waals surface area contributed by atoms with Gasteiger partial charge in [0.2, 0.25) is 0 Å². The summed E-state index contributed by atoms with van der Waals surface area (Å²) in [5.74, 6) is 0. The highest BCUT2D eigenvalue weighted by Crippen LogP contribution is 2.14. The molecule has 0 saturated heterocycles. The van der Waals surface area contributed by atoms with Crippen LogP contribution >= 0.6 is 11.6 Å². The van der Waals surface area contributed by atoms with Crippen LogP contribution in [0.25, 0.3) is 5.69 Å². The second-order valence-electron chi connectivity index (χ2n) is 4.86. The molecule has 0 saturated carbocycles. The Morgan fingerprint density at radius 2 is 1.91 bits per heavy atom. The number of H-pyrrole nitrogens is 1. The number of benzene rings is 2. The number of halogens is 1. The van der Waals surface area contributed by atoms with E-state index in [4.69, 9.17) is 11.6 Å². The number of hydrogen-bond acceptors (Lipinski definition) is 2. The lowest BCUT2D eigenvalue weighted by Gasteiger charge is -2.01. The highest BCUT2D eigenvalue weighted by atomic mass is 35.5. The number of aromatic nitrogens is 2. The van der Waals surface area contributed by atoms with Crippen molar-refractivity contribution in [2.24, 2.45) is 4.99 Å². The number of para-hydroxylation sites is 1. The van der Waals surface area contributed by atoms with Crippen LogP contribution in [-0.4, -0.2) is 16.0 Å². The Kier molecular flexibility index (Phi) is 3.94. The minimum absolute atomic E-state index is 0.153. The lowest BCUT2D eigenvalue weighted by atomic mass is 10.2. The van der Waals surface area contributed by atoms with E-state index in [2.05, 4.69) is 10.1 Å². The Balaban J connectivity index is 2.01. The SMILES string of the molecule is Cc1[nH]n(-c2cccc(Cl)c2)c(=O)c1C=Nc1ccccc1. The van der Waals surface area contributed by atoms with E-state index in [1.807, 2.05) is 43.3 Å². The lowest BCUT2D eigenvalue weighted by Crippen LogP contribution is -2.17. The van der Waals surface area contributed by atoms with Crippen molar-refractivity contribution in [2.45, 2.75) is 6.92 Å². The fourth-order valence-corrected chi connectivity index (χ4v) is 2.35. The summed E-state index contributed by atoms with van der Waals surface area (Å²) in [4.78, 5) is 16.9. The van der Waals surface area contributed by atoms with Crippen molar-refractivity contribution >= 4 is 23.5 Å². The standard InChI is InChI=1S/C17H14ClN3O/c1-12-16(11-19-14-7-3-2-4-8-14)17(22)21(20-12)15-9-5-6-13(18)10-15/h2-11,20H,1H3. The molecule has 4 nitrogen and oxygen atoms in total. The third-order valence-corrected chi connectivity index (χ3v) is 3.52. The number of aliphatic imine (C=N–C) groups is 1. The summed E-state index contributed by atoms with van der Waals surface area (Å²) >= 11 is 5.98. The minimum Gasteiger partial charge on any atom is -0.295 e. The summed E-state index contributed by atoms with van der Waals surface area (Å²) in [6, 6.07) is 16.6. The molecule has 0 atom stereocenters. The summed E-state index contributed by atoms with van der Waals surface area (Å²) in [6.07, 6.45) is 1.59. The second-order valence-corrected chi connectivity index (χ2v) is 5.30. The Bertz CT molecular complexity index is 878. The zero-order valence-corrected chi connectivity index (χ0v) is 12.7. The molecule has 5 heteroatoms. The number of nitrogens with zero attached hydrogens (tertiary/aromatic N) is 2. The summed E-state index contributed by atoms with van der Waals surface area (Å²) in [5, 5.41) is 3.63. The first kappa shape index (κ1) is 14.4. The number of aryl methyl sites for hydroxylation is 1. The van der Waals surface area contributed by atoms with Gasteiger partial charge in [-0.15, -0.1) is 0 Å². The predicted octanol–water partition coefficient (Wildman–Crippen LogP) is 3.88. The van der Waals surface area contributed by atoms with Gasteiger partial charge in [0.15, 0.2) is 0 Å². The Morgan fingerprint density at radius 1 is 1.14 bits per heavy atom. The maximum Gasteiger partial charge on any atom is 0.280 e. The predicted molar refractivity (Wildman–Crippen MR) is 89.8 cm³/mol. The van der Waals surface area contributed by atoms with E-state index in [1.165, 1.54) is 4.68 Å². The minimum atomic E-state index is -0.153. The monoisotopic (exact) mass is 311 g/mol. The zero-order valence-electron chi connectivity index (χ0n) is 12.0. The number of aromatic amines is 1. The molecule has 0 bridgehead atoms. The van der Waals surface area contributed by atoms with E-state index >= 15 is 0 Å². The number of nitrogens with one attached hydrogen (secondary N) is 1. The molecule has 0 aliphatic carbocycles. The van der Waals surface area contributed by atoms with Gasteiger partial charge in [-0.25, -0.2) is 4.68 Å². The van der Waals surface area contributed by atoms with E-state index < -0.39 is 0 Å². The first-order chi connectivity index (χ1) is 10.6. The van der Waals surface area contributed by atoms with Gasteiger partial charge >= 0.3 is 0 Å². The molecule has 0 spiro atoms. The highest BCUT2D eigenvalue weighted by Gasteiger charge is 2.10. The molecule has 22 heavy (non-hydrogen) atoms. The third-order valence-electron chi connectivity index (χ3n) is 3.28. The average Bonchev–Trinajstić information content (AvgIpc) is 2.81. The van der Waals surface area contributed by atoms with Gasteiger partial charge in [0.1, 0.15) is 0 Å². The molecule has 0 fully saturated rings. The molecular formula is C17H14ClN3O. The molecule has 0 radical (unpaired) electrons. The fourth-order valence-electron chi connectivity index (χ4n) is 2.16. The van der Waals surface area contributed by atoms with Gasteiger partial charge in [-0.05, 0) is 37.3 Å². The summed E-state index contributed by atoms with van der Waals surface area (Å²) < 4.78 is 1.47. The van der Waals surface area contributed by atoms with E-state index in [0.29, 0.717) is 16.3 Å². The first-order valence-corrected chi connectivity index (χ1v) is 7.19. The van der Waals surface area contributed by atoms with Crippen molar-refractivity contribution < 1.29 is 0 Å². The zero-order chi connectivity index (χ0) is 15.5. The van der Waals surface area contributed by atoms with Gasteiger partial charge in [0.25, 0.3) is 5.56 Å². The van der Waals surface area contributed by atoms with Gasteiger partial charge < -0.3 is 0 Å². The van der Waals surface area contributed by atoms with Gasteiger partial charge in [0, 0.05) is 16.9 Å². The molecule has 1 N–H and O–H groups in total. The molecule has 3 rings (SSSR count). The molecule has 110 valence electrons. The maximum atomic E-state index is 12.5. The molecule has 0 amide bonds. The van der Waals surface area contributed by atoms with E-state index in [-0.39, 0.29) is 5.56 Å². The fraction of sp³-hybridized carbons (Fsp3) is 0.0588. The maximum absolute atomic E-state index is 12.5. The number of hydrogen-bond donors (Lipinski definition) is 1. The average molecular weight is 312 g/mol. The van der Waals surface area contributed by atoms with Gasteiger partial charge in [-0.3, -0.25) is 14.9 Å². The van der Waals surface area contributed by atoms with Crippen molar-refractivity contribution in [1.82, 2.24) is 9.78 Å². The van der Waals surface area contributed by atoms with E-state index in [0.717, 1.165) is 11.4 Å². The van der Waals surface area contributed by atoms with Gasteiger partial charge in [-0.2, -0.15) is 0 Å². The summed E-state index contributed by atoms with van der Waals surface area (Å²) in [7, 11) is 0. The molecule has 0 aliphatic rings. The molecule has 1 heterocycles. The van der Waals surface area contributed by atoms with Crippen molar-refractivity contribution in [3.8, 4) is 5.69 Å². The second kappa shape index (κ2) is 6.03. The Labute approximate surface area is 132 Å². The van der Waals surface area contributed by atoms with E-state index in [9.17, 15) is 4.79 Å². The normalized spacial score (nSPS) is 11.2. The molecule has 3 aromatic rings. The van der Waals surface area contributed by atoms with Crippen LogP contribution in [0.4, 0.5) is 5.69 Å². The Hall–Kier alpha value is -2.59. The van der Waals surface area contributed by atoms with Crippen LogP contribution in [0.1, 0.15) is 11.3 Å². The quantitative estimate of drug-likeness (QED) is 0.733. The first-order valence-electron chi connectivity index (χ1n) is 6.82. The summed E-state index contributed by atoms with van der Waals surface area (Å²) in [5.41, 5.74) is 2.63. The smallest absolute Gasteiger partial charge is 0.280 e. The molecule has 1 aromatic heterocycles.